The first-order valence-corrected chi connectivity index (χ1v) is 22.0. The Labute approximate surface area is 338 Å². The molecule has 2 N–H and O–H groups in total. The fraction of sp³-hybridized carbons (Fsp3) is 0.520. The summed E-state index contributed by atoms with van der Waals surface area (Å²) in [5, 5.41) is 10.2. The van der Waals surface area contributed by atoms with Gasteiger partial charge in [0.1, 0.15) is 24.7 Å². The lowest BCUT2D eigenvalue weighted by molar-refractivity contribution is 0.0941. The van der Waals surface area contributed by atoms with Crippen molar-refractivity contribution in [1.82, 2.24) is 10.6 Å². The number of nitrogens with one attached hydrogen (secondary N) is 2. The molecule has 6 nitrogen and oxygen atoms in total. The van der Waals surface area contributed by atoms with E-state index in [2.05, 4.69) is 31.1 Å². The van der Waals surface area contributed by atoms with Gasteiger partial charge in [0, 0.05) is 13.1 Å². The average Bonchev–Trinajstić information content (AvgIpc) is 3.22. The fourth-order valence-corrected chi connectivity index (χ4v) is 7.25. The van der Waals surface area contributed by atoms with E-state index < -0.39 is 0 Å². The van der Waals surface area contributed by atoms with Gasteiger partial charge in [-0.3, -0.25) is 9.59 Å². The van der Waals surface area contributed by atoms with Crippen molar-refractivity contribution < 1.29 is 19.1 Å². The Hall–Kier alpha value is -4.32. The van der Waals surface area contributed by atoms with E-state index >= 15 is 0 Å². The van der Waals surface area contributed by atoms with Crippen molar-refractivity contribution in [2.45, 2.75) is 142 Å². The van der Waals surface area contributed by atoms with Crippen LogP contribution in [0, 0.1) is 0 Å². The van der Waals surface area contributed by atoms with Crippen LogP contribution in [0.1, 0.15) is 163 Å². The van der Waals surface area contributed by atoms with Crippen molar-refractivity contribution in [3.8, 4) is 11.5 Å². The second-order valence-corrected chi connectivity index (χ2v) is 15.6. The molecule has 0 bridgehead atoms. The normalized spacial score (nSPS) is 11.2. The molecule has 304 valence electrons. The van der Waals surface area contributed by atoms with Crippen LogP contribution < -0.4 is 20.1 Å². The SMILES string of the molecule is C=C(COc1cc2ccccc2cc1C(=O)NCCCCCCCCCCCC)COc1cc2ccccc2cc1C(=O)NCCCCCCCCCCCC. The molecule has 0 unspecified atom stereocenters. The number of amides is 2. The van der Waals surface area contributed by atoms with E-state index in [1.807, 2.05) is 72.8 Å². The number of benzene rings is 4. The summed E-state index contributed by atoms with van der Waals surface area (Å²) in [5.41, 5.74) is 1.72. The van der Waals surface area contributed by atoms with Crippen LogP contribution in [-0.4, -0.2) is 38.1 Å². The lowest BCUT2D eigenvalue weighted by atomic mass is 10.0. The summed E-state index contributed by atoms with van der Waals surface area (Å²) >= 11 is 0. The zero-order chi connectivity index (χ0) is 39.6. The van der Waals surface area contributed by atoms with Crippen LogP contribution in [0.2, 0.25) is 0 Å². The standard InChI is InChI=1S/C50H70N2O4/c1-4-6-8-10-12-14-16-18-20-26-32-51-49(53)45-34-41-28-22-24-30-43(41)36-47(45)55-38-40(3)39-56-48-37-44-31-25-23-29-42(44)35-46(48)50(54)52-33-27-21-19-17-15-13-11-9-7-5-2/h22-25,28-31,34-37H,3-21,26-27,32-33,38-39H2,1-2H3,(H,51,53)(H,52,54). The average molecular weight is 763 g/mol. The van der Waals surface area contributed by atoms with Crippen LogP contribution in [0.15, 0.2) is 84.9 Å². The summed E-state index contributed by atoms with van der Waals surface area (Å²) < 4.78 is 12.5. The van der Waals surface area contributed by atoms with E-state index in [1.165, 1.54) is 103 Å². The van der Waals surface area contributed by atoms with Gasteiger partial charge in [-0.15, -0.1) is 0 Å². The Balaban J connectivity index is 1.27. The van der Waals surface area contributed by atoms with Crippen LogP contribution in [0.25, 0.3) is 21.5 Å². The minimum Gasteiger partial charge on any atom is -0.488 e. The molecule has 4 aromatic rings. The molecule has 0 heterocycles. The van der Waals surface area contributed by atoms with Crippen LogP contribution >= 0.6 is 0 Å². The molecule has 0 aliphatic heterocycles. The fourth-order valence-electron chi connectivity index (χ4n) is 7.25. The quantitative estimate of drug-likeness (QED) is 0.0410. The van der Waals surface area contributed by atoms with Crippen molar-refractivity contribution in [2.75, 3.05) is 26.3 Å². The molecule has 0 saturated heterocycles. The van der Waals surface area contributed by atoms with Crippen molar-refractivity contribution in [1.29, 1.82) is 0 Å². The minimum atomic E-state index is -0.131. The highest BCUT2D eigenvalue weighted by Crippen LogP contribution is 2.29. The molecule has 0 fully saturated rings. The molecule has 0 aromatic heterocycles. The van der Waals surface area contributed by atoms with Crippen LogP contribution in [0.4, 0.5) is 0 Å². The van der Waals surface area contributed by atoms with E-state index in [0.29, 0.717) is 41.3 Å². The zero-order valence-electron chi connectivity index (χ0n) is 34.7. The number of carbonyl (C=O) groups is 2. The van der Waals surface area contributed by atoms with E-state index in [1.54, 1.807) is 0 Å². The van der Waals surface area contributed by atoms with Crippen LogP contribution in [-0.2, 0) is 0 Å². The molecule has 0 atom stereocenters. The maximum absolute atomic E-state index is 13.5. The van der Waals surface area contributed by atoms with Gasteiger partial charge in [0.25, 0.3) is 11.8 Å². The van der Waals surface area contributed by atoms with Gasteiger partial charge in [-0.1, -0.05) is 185 Å². The highest BCUT2D eigenvalue weighted by Gasteiger charge is 2.17. The number of rotatable bonds is 30. The molecule has 4 aromatic carbocycles. The Kier molecular flexibility index (Phi) is 21.0. The Morgan fingerprint density at radius 1 is 0.464 bits per heavy atom. The highest BCUT2D eigenvalue weighted by molar-refractivity contribution is 6.02. The largest absolute Gasteiger partial charge is 0.488 e. The van der Waals surface area contributed by atoms with Crippen molar-refractivity contribution in [3.63, 3.8) is 0 Å². The number of ether oxygens (including phenoxy) is 2. The summed E-state index contributed by atoms with van der Waals surface area (Å²) in [5.74, 6) is 0.771. The maximum atomic E-state index is 13.5. The highest BCUT2D eigenvalue weighted by atomic mass is 16.5. The van der Waals surface area contributed by atoms with Gasteiger partial charge in [0.2, 0.25) is 0 Å². The van der Waals surface area contributed by atoms with E-state index in [9.17, 15) is 9.59 Å². The van der Waals surface area contributed by atoms with Gasteiger partial charge < -0.3 is 20.1 Å². The van der Waals surface area contributed by atoms with Gasteiger partial charge >= 0.3 is 0 Å². The Bertz CT molecular complexity index is 1640. The number of unbranched alkanes of at least 4 members (excludes halogenated alkanes) is 18. The molecule has 0 aliphatic carbocycles. The minimum absolute atomic E-state index is 0.131. The summed E-state index contributed by atoms with van der Waals surface area (Å²) in [4.78, 5) is 26.9. The monoisotopic (exact) mass is 763 g/mol. The number of hydrogen-bond acceptors (Lipinski definition) is 4. The maximum Gasteiger partial charge on any atom is 0.255 e. The molecule has 0 radical (unpaired) electrons. The molecule has 0 saturated carbocycles. The first-order chi connectivity index (χ1) is 27.5. The van der Waals surface area contributed by atoms with E-state index in [0.717, 1.165) is 47.2 Å². The summed E-state index contributed by atoms with van der Waals surface area (Å²) in [6.45, 7) is 10.4. The predicted molar refractivity (Wildman–Crippen MR) is 236 cm³/mol. The summed E-state index contributed by atoms with van der Waals surface area (Å²) in [6, 6.07) is 23.7. The third-order valence-corrected chi connectivity index (χ3v) is 10.7. The van der Waals surface area contributed by atoms with Gasteiger partial charge in [-0.25, -0.2) is 0 Å². The van der Waals surface area contributed by atoms with Gasteiger partial charge in [-0.05, 0) is 64.2 Å². The molecule has 56 heavy (non-hydrogen) atoms. The molecule has 2 amide bonds. The second kappa shape index (κ2) is 26.5. The van der Waals surface area contributed by atoms with Crippen molar-refractivity contribution in [3.05, 3.63) is 96.1 Å². The van der Waals surface area contributed by atoms with E-state index in [4.69, 9.17) is 9.47 Å². The zero-order valence-corrected chi connectivity index (χ0v) is 34.7. The van der Waals surface area contributed by atoms with Gasteiger partial charge in [0.05, 0.1) is 11.1 Å². The smallest absolute Gasteiger partial charge is 0.255 e. The molecule has 0 spiro atoms. The van der Waals surface area contributed by atoms with Gasteiger partial charge in [-0.2, -0.15) is 0 Å². The molecule has 6 heteroatoms. The lowest BCUT2D eigenvalue weighted by Gasteiger charge is -2.16. The number of fused-ring (bicyclic) bond motifs is 2. The summed E-state index contributed by atoms with van der Waals surface area (Å²) in [6.07, 6.45) is 25.1. The Morgan fingerprint density at radius 2 is 0.768 bits per heavy atom. The summed E-state index contributed by atoms with van der Waals surface area (Å²) in [7, 11) is 0. The Morgan fingerprint density at radius 3 is 1.11 bits per heavy atom. The third kappa shape index (κ3) is 16.0. The topological polar surface area (TPSA) is 76.7 Å². The van der Waals surface area contributed by atoms with Crippen molar-refractivity contribution in [2.24, 2.45) is 0 Å². The van der Waals surface area contributed by atoms with E-state index in [-0.39, 0.29) is 25.0 Å². The first kappa shape index (κ1) is 44.4. The molecule has 4 rings (SSSR count). The van der Waals surface area contributed by atoms with Crippen LogP contribution in [0.5, 0.6) is 11.5 Å². The number of hydrogen-bond donors (Lipinski definition) is 2. The second-order valence-electron chi connectivity index (χ2n) is 15.6. The molecular formula is C50H70N2O4. The third-order valence-electron chi connectivity index (χ3n) is 10.7. The van der Waals surface area contributed by atoms with Crippen LogP contribution in [0.3, 0.4) is 0 Å². The van der Waals surface area contributed by atoms with Gasteiger partial charge in [0.15, 0.2) is 0 Å². The first-order valence-electron chi connectivity index (χ1n) is 22.0. The van der Waals surface area contributed by atoms with Crippen molar-refractivity contribution >= 4 is 33.4 Å². The predicted octanol–water partition coefficient (Wildman–Crippen LogP) is 13.3. The molecule has 0 aliphatic rings. The number of carbonyl (C=O) groups excluding carboxylic acids is 2. The molecular weight excluding hydrogens is 693 g/mol. The lowest BCUT2D eigenvalue weighted by Crippen LogP contribution is -2.25.